The van der Waals surface area contributed by atoms with Gasteiger partial charge in [0.15, 0.2) is 11.5 Å². The number of nitrogens with two attached hydrogens (primary N) is 1. The number of nitrogens with zero attached hydrogens (tertiary/aromatic N) is 5. The third kappa shape index (κ3) is 4.26. The predicted molar refractivity (Wildman–Crippen MR) is 132 cm³/mol. The molecule has 1 aliphatic carbocycles. The molecule has 0 bridgehead atoms. The third-order valence-electron chi connectivity index (χ3n) is 5.85. The van der Waals surface area contributed by atoms with E-state index in [1.807, 2.05) is 43.5 Å². The van der Waals surface area contributed by atoms with Gasteiger partial charge in [-0.1, -0.05) is 6.07 Å². The first kappa shape index (κ1) is 22.3. The Kier molecular flexibility index (Phi) is 5.36. The Morgan fingerprint density at radius 3 is 2.80 bits per heavy atom. The smallest absolute Gasteiger partial charge is 0.408 e. The van der Waals surface area contributed by atoms with Crippen molar-refractivity contribution in [3.8, 4) is 23.1 Å². The van der Waals surface area contributed by atoms with E-state index in [4.69, 9.17) is 15.5 Å². The predicted octanol–water partition coefficient (Wildman–Crippen LogP) is 4.45. The van der Waals surface area contributed by atoms with Crippen LogP contribution in [-0.4, -0.2) is 31.2 Å². The summed E-state index contributed by atoms with van der Waals surface area (Å²) in [5, 5.41) is 12.4. The van der Waals surface area contributed by atoms with Crippen LogP contribution < -0.4 is 11.1 Å². The summed E-state index contributed by atoms with van der Waals surface area (Å²) in [5.41, 5.74) is 10.8. The number of pyridine rings is 2. The number of hydrogen-bond donors (Lipinski definition) is 2. The Balaban J connectivity index is 1.59. The highest BCUT2D eigenvalue weighted by atomic mass is 16.6. The molecule has 0 aliphatic heterocycles. The maximum atomic E-state index is 12.3. The second-order valence-corrected chi connectivity index (χ2v) is 9.48. The van der Waals surface area contributed by atoms with Gasteiger partial charge in [-0.2, -0.15) is 5.26 Å². The van der Waals surface area contributed by atoms with Crippen LogP contribution in [0, 0.1) is 11.3 Å². The highest BCUT2D eigenvalue weighted by Crippen LogP contribution is 2.36. The highest BCUT2D eigenvalue weighted by Gasteiger charge is 2.27. The number of carbonyl (C=O) groups excluding carboxylic acids is 1. The van der Waals surface area contributed by atoms with Crippen molar-refractivity contribution in [2.45, 2.75) is 45.3 Å². The average molecular weight is 468 g/mol. The van der Waals surface area contributed by atoms with Crippen molar-refractivity contribution in [2.75, 3.05) is 5.73 Å². The zero-order valence-electron chi connectivity index (χ0n) is 19.7. The van der Waals surface area contributed by atoms with Crippen LogP contribution in [0.3, 0.4) is 0 Å². The van der Waals surface area contributed by atoms with Crippen molar-refractivity contribution < 1.29 is 9.53 Å². The molecule has 3 N–H and O–H groups in total. The number of rotatable bonds is 3. The lowest BCUT2D eigenvalue weighted by atomic mass is 10.1. The monoisotopic (exact) mass is 467 g/mol. The Labute approximate surface area is 202 Å². The van der Waals surface area contributed by atoms with Crippen LogP contribution in [0.5, 0.6) is 0 Å². The van der Waals surface area contributed by atoms with Crippen LogP contribution in [0.25, 0.3) is 28.2 Å². The molecule has 9 nitrogen and oxygen atoms in total. The number of anilines is 1. The summed E-state index contributed by atoms with van der Waals surface area (Å²) in [6.07, 6.45) is 2.78. The van der Waals surface area contributed by atoms with E-state index in [1.54, 1.807) is 24.4 Å². The number of amides is 1. The van der Waals surface area contributed by atoms with Crippen LogP contribution in [0.15, 0.2) is 48.7 Å². The number of ether oxygens (including phenoxy) is 1. The minimum Gasteiger partial charge on any atom is -0.444 e. The van der Waals surface area contributed by atoms with Gasteiger partial charge in [-0.15, -0.1) is 0 Å². The topological polar surface area (TPSA) is 132 Å². The van der Waals surface area contributed by atoms with Gasteiger partial charge in [0.2, 0.25) is 0 Å². The molecule has 0 fully saturated rings. The zero-order chi connectivity index (χ0) is 24.7. The summed E-state index contributed by atoms with van der Waals surface area (Å²) >= 11 is 0. The molecule has 0 spiro atoms. The quantitative estimate of drug-likeness (QED) is 0.455. The van der Waals surface area contributed by atoms with Gasteiger partial charge in [-0.25, -0.2) is 19.7 Å². The number of hydrogen-bond acceptors (Lipinski definition) is 7. The van der Waals surface area contributed by atoms with Gasteiger partial charge >= 0.3 is 6.09 Å². The summed E-state index contributed by atoms with van der Waals surface area (Å²) < 4.78 is 7.33. The molecular weight excluding hydrogens is 442 g/mol. The molecule has 0 radical (unpaired) electrons. The van der Waals surface area contributed by atoms with Crippen LogP contribution in [0.4, 0.5) is 10.6 Å². The van der Waals surface area contributed by atoms with E-state index in [1.165, 1.54) is 0 Å². The lowest BCUT2D eigenvalue weighted by Gasteiger charge is -2.22. The molecule has 0 saturated heterocycles. The number of aryl methyl sites for hydroxylation is 1. The molecule has 0 unspecified atom stereocenters. The van der Waals surface area contributed by atoms with Crippen molar-refractivity contribution in [1.82, 2.24) is 24.8 Å². The van der Waals surface area contributed by atoms with Crippen LogP contribution in [0.1, 0.15) is 50.1 Å². The number of carbonyl (C=O) groups is 1. The second kappa shape index (κ2) is 8.40. The van der Waals surface area contributed by atoms with E-state index in [2.05, 4.69) is 27.4 Å². The van der Waals surface area contributed by atoms with Crippen LogP contribution >= 0.6 is 0 Å². The number of aromatic nitrogens is 4. The Hall–Kier alpha value is -4.45. The summed E-state index contributed by atoms with van der Waals surface area (Å²) in [6, 6.07) is 15.1. The standard InChI is InChI=1S/C26H25N7O2/c1-26(2,3)35-25(34)32-20-10-6-15-13-17(8-9-18(15)20)33-23(19-5-4-12-29-22(19)28)31-21-11-7-16(14-27)30-24(21)33/h4-5,7-9,11-13,20H,6,10H2,1-3H3,(H2,28,29)(H,32,34)/t20-/m0/s1. The first-order valence-corrected chi connectivity index (χ1v) is 11.4. The fourth-order valence-corrected chi connectivity index (χ4v) is 4.39. The second-order valence-electron chi connectivity index (χ2n) is 9.48. The number of benzene rings is 1. The van der Waals surface area contributed by atoms with E-state index in [-0.39, 0.29) is 6.04 Å². The third-order valence-corrected chi connectivity index (χ3v) is 5.85. The van der Waals surface area contributed by atoms with Gasteiger partial charge in [0.25, 0.3) is 0 Å². The van der Waals surface area contributed by atoms with E-state index in [0.717, 1.165) is 29.7 Å². The lowest BCUT2D eigenvalue weighted by molar-refractivity contribution is 0.0503. The minimum absolute atomic E-state index is 0.120. The number of alkyl carbamates (subject to hydrolysis) is 1. The SMILES string of the molecule is CC(C)(C)OC(=O)N[C@H]1CCc2cc(-n3c(-c4cccnc4N)nc4ccc(C#N)nc43)ccc21. The minimum atomic E-state index is -0.558. The number of imidazole rings is 1. The molecule has 3 aromatic heterocycles. The summed E-state index contributed by atoms with van der Waals surface area (Å²) in [6.45, 7) is 5.53. The molecule has 3 heterocycles. The molecule has 1 atom stereocenters. The molecule has 0 saturated carbocycles. The van der Waals surface area contributed by atoms with Gasteiger partial charge in [-0.05, 0) is 81.1 Å². The highest BCUT2D eigenvalue weighted by molar-refractivity contribution is 5.83. The van der Waals surface area contributed by atoms with Crippen molar-refractivity contribution >= 4 is 23.1 Å². The number of nitriles is 1. The maximum absolute atomic E-state index is 12.3. The molecule has 1 aromatic carbocycles. The summed E-state index contributed by atoms with van der Waals surface area (Å²) in [5.74, 6) is 0.946. The maximum Gasteiger partial charge on any atom is 0.408 e. The number of fused-ring (bicyclic) bond motifs is 2. The Morgan fingerprint density at radius 1 is 1.23 bits per heavy atom. The van der Waals surface area contributed by atoms with E-state index < -0.39 is 11.7 Å². The zero-order valence-corrected chi connectivity index (χ0v) is 19.7. The van der Waals surface area contributed by atoms with E-state index in [0.29, 0.717) is 34.1 Å². The normalized spacial score (nSPS) is 15.0. The molecule has 4 aromatic rings. The largest absolute Gasteiger partial charge is 0.444 e. The molecule has 35 heavy (non-hydrogen) atoms. The van der Waals surface area contributed by atoms with Crippen molar-refractivity contribution in [3.63, 3.8) is 0 Å². The first-order chi connectivity index (χ1) is 16.7. The number of nitrogens with one attached hydrogen (secondary N) is 1. The van der Waals surface area contributed by atoms with Gasteiger partial charge in [-0.3, -0.25) is 4.57 Å². The first-order valence-electron chi connectivity index (χ1n) is 11.4. The molecular formula is C26H25N7O2. The van der Waals surface area contributed by atoms with E-state index >= 15 is 0 Å². The molecule has 1 aliphatic rings. The lowest BCUT2D eigenvalue weighted by Crippen LogP contribution is -2.34. The van der Waals surface area contributed by atoms with Crippen molar-refractivity contribution in [2.24, 2.45) is 0 Å². The van der Waals surface area contributed by atoms with Crippen molar-refractivity contribution in [3.05, 3.63) is 65.5 Å². The van der Waals surface area contributed by atoms with Gasteiger partial charge in [0, 0.05) is 11.9 Å². The van der Waals surface area contributed by atoms with E-state index in [9.17, 15) is 10.1 Å². The van der Waals surface area contributed by atoms with Gasteiger partial charge in [0.05, 0.1) is 11.6 Å². The average Bonchev–Trinajstić information content (AvgIpc) is 3.38. The summed E-state index contributed by atoms with van der Waals surface area (Å²) in [7, 11) is 0. The molecule has 176 valence electrons. The molecule has 1 amide bonds. The van der Waals surface area contributed by atoms with Gasteiger partial charge in [0.1, 0.15) is 28.7 Å². The number of nitrogen functional groups attached to an aromatic ring is 1. The van der Waals surface area contributed by atoms with Crippen LogP contribution in [0.2, 0.25) is 0 Å². The van der Waals surface area contributed by atoms with Gasteiger partial charge < -0.3 is 15.8 Å². The van der Waals surface area contributed by atoms with Crippen molar-refractivity contribution in [1.29, 1.82) is 5.26 Å². The summed E-state index contributed by atoms with van der Waals surface area (Å²) in [4.78, 5) is 25.8. The fraction of sp³-hybridized carbons (Fsp3) is 0.269. The molecule has 9 heteroatoms. The fourth-order valence-electron chi connectivity index (χ4n) is 4.39. The van der Waals surface area contributed by atoms with Crippen LogP contribution in [-0.2, 0) is 11.2 Å². The Morgan fingerprint density at radius 2 is 2.06 bits per heavy atom. The molecule has 5 rings (SSSR count). The Bertz CT molecular complexity index is 1490.